The Hall–Kier alpha value is -6.46. The Labute approximate surface area is 362 Å². The SMILES string of the molecule is NC=C(C=NC1CCN(C(=O)CCCCCNc2cccc3c2C(=O)N(C2CCC(=O)NC2=O)C3=O)CC1)c1cnc2cccc(-c3cc(F)c(CN4CCOCC4)c(F)c3)c2n1. The summed E-state index contributed by atoms with van der Waals surface area (Å²) in [7, 11) is 0. The highest BCUT2D eigenvalue weighted by Crippen LogP contribution is 2.33. The van der Waals surface area contributed by atoms with Gasteiger partial charge < -0.3 is 20.7 Å². The van der Waals surface area contributed by atoms with Crippen molar-refractivity contribution in [3.8, 4) is 11.1 Å². The Bertz CT molecular complexity index is 2480. The zero-order valence-electron chi connectivity index (χ0n) is 34.8. The van der Waals surface area contributed by atoms with Crippen LogP contribution in [0.15, 0.2) is 65.9 Å². The molecule has 17 heteroatoms. The van der Waals surface area contributed by atoms with Gasteiger partial charge in [0.25, 0.3) is 11.8 Å². The van der Waals surface area contributed by atoms with Gasteiger partial charge in [-0.25, -0.2) is 13.8 Å². The van der Waals surface area contributed by atoms with Crippen LogP contribution in [-0.2, 0) is 25.7 Å². The van der Waals surface area contributed by atoms with Crippen LogP contribution in [0.5, 0.6) is 0 Å². The minimum atomic E-state index is -1.03. The lowest BCUT2D eigenvalue weighted by molar-refractivity contribution is -0.136. The number of nitrogens with zero attached hydrogens (tertiary/aromatic N) is 6. The molecule has 1 aromatic heterocycles. The monoisotopic (exact) mass is 861 g/mol. The summed E-state index contributed by atoms with van der Waals surface area (Å²) < 4.78 is 36.1. The molecule has 63 heavy (non-hydrogen) atoms. The molecule has 5 amide bonds. The minimum Gasteiger partial charge on any atom is -0.404 e. The molecule has 3 saturated heterocycles. The first-order chi connectivity index (χ1) is 30.6. The Morgan fingerprint density at radius 1 is 0.937 bits per heavy atom. The van der Waals surface area contributed by atoms with Gasteiger partial charge in [0, 0.05) is 86.9 Å². The molecule has 0 bridgehead atoms. The summed E-state index contributed by atoms with van der Waals surface area (Å²) in [4.78, 5) is 82.6. The zero-order valence-corrected chi connectivity index (χ0v) is 34.8. The van der Waals surface area contributed by atoms with Gasteiger partial charge in [0.2, 0.25) is 17.7 Å². The number of carbonyl (C=O) groups is 5. The van der Waals surface area contributed by atoms with Crippen LogP contribution in [0.4, 0.5) is 14.5 Å². The number of aromatic nitrogens is 2. The third-order valence-electron chi connectivity index (χ3n) is 12.1. The van der Waals surface area contributed by atoms with Crippen molar-refractivity contribution in [1.82, 2.24) is 30.0 Å². The van der Waals surface area contributed by atoms with Crippen LogP contribution in [0.3, 0.4) is 0 Å². The lowest BCUT2D eigenvalue weighted by Crippen LogP contribution is -2.54. The van der Waals surface area contributed by atoms with Crippen molar-refractivity contribution in [2.75, 3.05) is 51.3 Å². The molecule has 4 N–H and O–H groups in total. The van der Waals surface area contributed by atoms with Crippen molar-refractivity contribution in [3.05, 3.63) is 94.9 Å². The number of morpholine rings is 1. The predicted molar refractivity (Wildman–Crippen MR) is 231 cm³/mol. The molecule has 4 aliphatic rings. The fourth-order valence-corrected chi connectivity index (χ4v) is 8.56. The number of para-hydroxylation sites is 1. The van der Waals surface area contributed by atoms with Crippen molar-refractivity contribution < 1.29 is 37.5 Å². The molecule has 0 spiro atoms. The topological polar surface area (TPSA) is 193 Å². The van der Waals surface area contributed by atoms with E-state index in [1.165, 1.54) is 18.3 Å². The number of nitrogens with one attached hydrogen (secondary N) is 2. The van der Waals surface area contributed by atoms with Crippen molar-refractivity contribution in [2.24, 2.45) is 10.7 Å². The number of ether oxygens (including phenoxy) is 1. The maximum atomic E-state index is 15.4. The molecule has 0 saturated carbocycles. The Morgan fingerprint density at radius 2 is 1.68 bits per heavy atom. The van der Waals surface area contributed by atoms with Crippen molar-refractivity contribution >= 4 is 58.0 Å². The zero-order chi connectivity index (χ0) is 44.0. The fraction of sp³-hybridized carbons (Fsp3) is 0.391. The number of anilines is 1. The summed E-state index contributed by atoms with van der Waals surface area (Å²) in [6, 6.07) is 11.9. The Balaban J connectivity index is 0.799. The number of likely N-dealkylation sites (tertiary alicyclic amines) is 1. The summed E-state index contributed by atoms with van der Waals surface area (Å²) in [5.74, 6) is -3.36. The molecule has 328 valence electrons. The van der Waals surface area contributed by atoms with Gasteiger partial charge in [-0.15, -0.1) is 0 Å². The number of piperidine rings is 2. The van der Waals surface area contributed by atoms with Crippen molar-refractivity contribution in [3.63, 3.8) is 0 Å². The summed E-state index contributed by atoms with van der Waals surface area (Å²) >= 11 is 0. The normalized spacial score (nSPS) is 19.0. The number of halogens is 2. The van der Waals surface area contributed by atoms with Crippen LogP contribution in [0.1, 0.15) is 83.3 Å². The molecule has 5 heterocycles. The first-order valence-corrected chi connectivity index (χ1v) is 21.5. The van der Waals surface area contributed by atoms with Crippen LogP contribution in [0.25, 0.3) is 27.7 Å². The highest BCUT2D eigenvalue weighted by atomic mass is 19.1. The molecular weight excluding hydrogens is 813 g/mol. The number of rotatable bonds is 14. The van der Waals surface area contributed by atoms with Gasteiger partial charge in [-0.2, -0.15) is 0 Å². The minimum absolute atomic E-state index is 0.0200. The number of nitrogens with two attached hydrogens (primary N) is 1. The molecule has 3 aromatic carbocycles. The molecular formula is C46H49F2N9O6. The average molecular weight is 862 g/mol. The second-order valence-corrected chi connectivity index (χ2v) is 16.2. The summed E-state index contributed by atoms with van der Waals surface area (Å²) in [5.41, 5.74) is 9.93. The van der Waals surface area contributed by atoms with E-state index in [0.717, 1.165) is 17.7 Å². The van der Waals surface area contributed by atoms with Gasteiger partial charge in [-0.1, -0.05) is 24.6 Å². The highest BCUT2D eigenvalue weighted by molar-refractivity contribution is 6.25. The number of benzene rings is 3. The molecule has 1 atom stereocenters. The van der Waals surface area contributed by atoms with E-state index in [0.29, 0.717) is 111 Å². The van der Waals surface area contributed by atoms with E-state index in [1.54, 1.807) is 48.8 Å². The van der Waals surface area contributed by atoms with Gasteiger partial charge in [0.15, 0.2) is 0 Å². The maximum Gasteiger partial charge on any atom is 0.264 e. The molecule has 0 radical (unpaired) electrons. The number of imide groups is 2. The summed E-state index contributed by atoms with van der Waals surface area (Å²) in [6.45, 7) is 4.11. The lowest BCUT2D eigenvalue weighted by Gasteiger charge is -2.30. The Kier molecular flexibility index (Phi) is 13.2. The molecule has 8 rings (SSSR count). The van der Waals surface area contributed by atoms with Crippen LogP contribution in [0.2, 0.25) is 0 Å². The van der Waals surface area contributed by atoms with Gasteiger partial charge in [0.1, 0.15) is 17.7 Å². The summed E-state index contributed by atoms with van der Waals surface area (Å²) in [5, 5.41) is 5.46. The number of aliphatic imine (C=N–C) groups is 1. The van der Waals surface area contributed by atoms with E-state index < -0.39 is 41.3 Å². The smallest absolute Gasteiger partial charge is 0.264 e. The first kappa shape index (κ1) is 43.2. The molecule has 4 aromatic rings. The second kappa shape index (κ2) is 19.3. The molecule has 3 fully saturated rings. The quantitative estimate of drug-likeness (QED) is 0.0893. The maximum absolute atomic E-state index is 15.4. The van der Waals surface area contributed by atoms with E-state index in [9.17, 15) is 24.0 Å². The second-order valence-electron chi connectivity index (χ2n) is 16.2. The molecule has 15 nitrogen and oxygen atoms in total. The Morgan fingerprint density at radius 3 is 2.43 bits per heavy atom. The van der Waals surface area contributed by atoms with Crippen molar-refractivity contribution in [2.45, 2.75) is 70.0 Å². The number of amides is 5. The largest absolute Gasteiger partial charge is 0.404 e. The number of fused-ring (bicyclic) bond motifs is 2. The third kappa shape index (κ3) is 9.49. The van der Waals surface area contributed by atoms with Gasteiger partial charge >= 0.3 is 0 Å². The van der Waals surface area contributed by atoms with E-state index in [2.05, 4.69) is 15.6 Å². The van der Waals surface area contributed by atoms with Gasteiger partial charge in [-0.05, 0) is 68.0 Å². The average Bonchev–Trinajstić information content (AvgIpc) is 3.55. The van der Waals surface area contributed by atoms with Crippen LogP contribution in [-0.4, -0.2) is 118 Å². The number of unbranched alkanes of at least 4 members (excludes halogenated alkanes) is 2. The molecule has 4 aliphatic heterocycles. The lowest BCUT2D eigenvalue weighted by atomic mass is 10.0. The number of hydrogen-bond donors (Lipinski definition) is 3. The van der Waals surface area contributed by atoms with Crippen LogP contribution < -0.4 is 16.4 Å². The van der Waals surface area contributed by atoms with E-state index >= 15 is 8.78 Å². The standard InChI is InChI=1S/C46H49F2N9O6/c47-34-22-28(23-35(48)33(34)27-55-18-20-63-21-19-55)31-6-4-9-37-43(31)53-38(26-52-37)29(24-49)25-51-30-13-16-56(17-14-30)41(59)10-2-1-3-15-50-36-8-5-7-32-42(36)46(62)57(45(32)61)39-11-12-40(58)54-44(39)60/h4-9,22-26,30,39,50H,1-3,10-21,27,49H2,(H,54,58,60). The van der Waals surface area contributed by atoms with Gasteiger partial charge in [-0.3, -0.25) is 49.1 Å². The van der Waals surface area contributed by atoms with E-state index in [-0.39, 0.29) is 48.0 Å². The number of allylic oxidation sites excluding steroid dienone is 1. The van der Waals surface area contributed by atoms with E-state index in [1.807, 2.05) is 9.80 Å². The fourth-order valence-electron chi connectivity index (χ4n) is 8.56. The third-order valence-corrected chi connectivity index (χ3v) is 12.1. The highest BCUT2D eigenvalue weighted by Gasteiger charge is 2.45. The first-order valence-electron chi connectivity index (χ1n) is 21.5. The molecule has 1 unspecified atom stereocenters. The van der Waals surface area contributed by atoms with Crippen LogP contribution >= 0.6 is 0 Å². The predicted octanol–water partition coefficient (Wildman–Crippen LogP) is 4.84. The van der Waals surface area contributed by atoms with E-state index in [4.69, 9.17) is 20.4 Å². The summed E-state index contributed by atoms with van der Waals surface area (Å²) in [6.07, 6.45) is 8.76. The number of carbonyl (C=O) groups excluding carboxylic acids is 5. The number of hydrogen-bond acceptors (Lipinski definition) is 12. The van der Waals surface area contributed by atoms with Crippen LogP contribution in [0, 0.1) is 11.6 Å². The van der Waals surface area contributed by atoms with Crippen molar-refractivity contribution in [1.29, 1.82) is 0 Å². The molecule has 0 aliphatic carbocycles. The van der Waals surface area contributed by atoms with Gasteiger partial charge in [0.05, 0.1) is 53.3 Å².